The van der Waals surface area contributed by atoms with E-state index in [1.54, 1.807) is 0 Å². The summed E-state index contributed by atoms with van der Waals surface area (Å²) in [5, 5.41) is 13.0. The highest BCUT2D eigenvalue weighted by atomic mass is 15.0. The van der Waals surface area contributed by atoms with Crippen LogP contribution in [0.25, 0.3) is 143 Å². The first-order valence-corrected chi connectivity index (χ1v) is 24.6. The molecule has 0 saturated carbocycles. The van der Waals surface area contributed by atoms with Gasteiger partial charge >= 0.3 is 0 Å². The van der Waals surface area contributed by atoms with Gasteiger partial charge in [-0.3, -0.25) is 0 Å². The second-order valence-electron chi connectivity index (χ2n) is 18.9. The van der Waals surface area contributed by atoms with Crippen molar-refractivity contribution in [1.29, 1.82) is 0 Å². The number of hydrogen-bond acceptors (Lipinski definition) is 2. The predicted octanol–water partition coefficient (Wildman–Crippen LogP) is 18.0. The number of para-hydroxylation sites is 2. The van der Waals surface area contributed by atoms with Crippen molar-refractivity contribution in [2.45, 2.75) is 0 Å². The molecule has 0 spiro atoms. The number of nitrogens with zero attached hydrogens (tertiary/aromatic N) is 4. The van der Waals surface area contributed by atoms with Crippen molar-refractivity contribution in [3.8, 4) is 56.3 Å². The SMILES string of the molecule is c1ccc(-c2cc(-c3ccccc3)cc(-c3nc(-c4cccc5c(-n6c7cc8ccccc8cc7c7c(-n8c9ccccc9c9cc%10ccccc%10cc98)cccc76)cccc45)nc4ccccc34)c2)cc1. The number of rotatable bonds is 6. The molecular formula is C68H42N4. The molecule has 0 saturated heterocycles. The smallest absolute Gasteiger partial charge is 0.161 e. The number of aromatic nitrogens is 4. The maximum absolute atomic E-state index is 5.58. The summed E-state index contributed by atoms with van der Waals surface area (Å²) in [7, 11) is 0. The van der Waals surface area contributed by atoms with Gasteiger partial charge in [-0.2, -0.15) is 0 Å². The Kier molecular flexibility index (Phi) is 8.92. The van der Waals surface area contributed by atoms with Crippen LogP contribution < -0.4 is 0 Å². The van der Waals surface area contributed by atoms with Crippen molar-refractivity contribution >= 4 is 86.8 Å². The molecule has 0 fully saturated rings. The van der Waals surface area contributed by atoms with Gasteiger partial charge in [0.05, 0.1) is 44.7 Å². The van der Waals surface area contributed by atoms with Gasteiger partial charge in [-0.15, -0.1) is 0 Å². The summed E-state index contributed by atoms with van der Waals surface area (Å²) in [5.41, 5.74) is 15.3. The molecule has 0 amide bonds. The third-order valence-electron chi connectivity index (χ3n) is 14.8. The molecule has 0 bridgehead atoms. The van der Waals surface area contributed by atoms with Crippen LogP contribution in [-0.2, 0) is 0 Å². The fourth-order valence-corrected chi connectivity index (χ4v) is 11.6. The average Bonchev–Trinajstić information content (AvgIpc) is 3.95. The van der Waals surface area contributed by atoms with Crippen LogP contribution >= 0.6 is 0 Å². The van der Waals surface area contributed by atoms with Gasteiger partial charge in [0, 0.05) is 43.4 Å². The van der Waals surface area contributed by atoms with Crippen LogP contribution in [0.1, 0.15) is 0 Å². The molecule has 4 heteroatoms. The van der Waals surface area contributed by atoms with E-state index in [0.29, 0.717) is 5.82 Å². The van der Waals surface area contributed by atoms with E-state index < -0.39 is 0 Å². The van der Waals surface area contributed by atoms with Gasteiger partial charge in [0.15, 0.2) is 5.82 Å². The maximum atomic E-state index is 5.58. The Bertz CT molecular complexity index is 4620. The van der Waals surface area contributed by atoms with Crippen LogP contribution in [0.15, 0.2) is 255 Å². The monoisotopic (exact) mass is 914 g/mol. The van der Waals surface area contributed by atoms with E-state index in [1.165, 1.54) is 54.1 Å². The van der Waals surface area contributed by atoms with Crippen LogP contribution in [0.4, 0.5) is 0 Å². The van der Waals surface area contributed by atoms with Crippen molar-refractivity contribution in [2.24, 2.45) is 0 Å². The maximum Gasteiger partial charge on any atom is 0.161 e. The number of fused-ring (bicyclic) bond motifs is 10. The minimum atomic E-state index is 0.687. The van der Waals surface area contributed by atoms with E-state index in [2.05, 4.69) is 264 Å². The van der Waals surface area contributed by atoms with Crippen molar-refractivity contribution in [3.05, 3.63) is 255 Å². The van der Waals surface area contributed by atoms with Gasteiger partial charge < -0.3 is 9.13 Å². The lowest BCUT2D eigenvalue weighted by molar-refractivity contribution is 1.18. The summed E-state index contributed by atoms with van der Waals surface area (Å²) in [6.45, 7) is 0. The van der Waals surface area contributed by atoms with E-state index in [0.717, 1.165) is 83.2 Å². The summed E-state index contributed by atoms with van der Waals surface area (Å²) in [6.07, 6.45) is 0. The molecule has 15 rings (SSSR count). The second-order valence-corrected chi connectivity index (χ2v) is 18.9. The first-order valence-electron chi connectivity index (χ1n) is 24.6. The Morgan fingerprint density at radius 2 is 0.764 bits per heavy atom. The van der Waals surface area contributed by atoms with Gasteiger partial charge in [-0.05, 0) is 122 Å². The first-order chi connectivity index (χ1) is 35.7. The van der Waals surface area contributed by atoms with Crippen LogP contribution in [-0.4, -0.2) is 19.1 Å². The van der Waals surface area contributed by atoms with Crippen molar-refractivity contribution in [1.82, 2.24) is 19.1 Å². The fourth-order valence-electron chi connectivity index (χ4n) is 11.6. The van der Waals surface area contributed by atoms with Crippen molar-refractivity contribution < 1.29 is 0 Å². The Balaban J connectivity index is 0.975. The number of benzene rings is 12. The molecule has 0 radical (unpaired) electrons. The normalized spacial score (nSPS) is 11.9. The van der Waals surface area contributed by atoms with Gasteiger partial charge in [0.1, 0.15) is 0 Å². The minimum absolute atomic E-state index is 0.687. The lowest BCUT2D eigenvalue weighted by Crippen LogP contribution is -1.99. The predicted molar refractivity (Wildman–Crippen MR) is 302 cm³/mol. The van der Waals surface area contributed by atoms with Crippen molar-refractivity contribution in [2.75, 3.05) is 0 Å². The van der Waals surface area contributed by atoms with E-state index in [-0.39, 0.29) is 0 Å². The second kappa shape index (κ2) is 16.0. The molecule has 0 atom stereocenters. The van der Waals surface area contributed by atoms with Crippen LogP contribution in [0, 0.1) is 0 Å². The first kappa shape index (κ1) is 40.3. The zero-order valence-corrected chi connectivity index (χ0v) is 39.0. The third kappa shape index (κ3) is 6.26. The minimum Gasteiger partial charge on any atom is -0.309 e. The topological polar surface area (TPSA) is 35.6 Å². The molecule has 72 heavy (non-hydrogen) atoms. The zero-order valence-electron chi connectivity index (χ0n) is 39.0. The molecule has 0 aliphatic rings. The van der Waals surface area contributed by atoms with Crippen molar-refractivity contribution in [3.63, 3.8) is 0 Å². The molecule has 0 unspecified atom stereocenters. The van der Waals surface area contributed by atoms with E-state index in [9.17, 15) is 0 Å². The van der Waals surface area contributed by atoms with Crippen LogP contribution in [0.2, 0.25) is 0 Å². The fraction of sp³-hybridized carbons (Fsp3) is 0. The third-order valence-corrected chi connectivity index (χ3v) is 14.8. The Labute approximate surface area is 415 Å². The summed E-state index contributed by atoms with van der Waals surface area (Å²) in [6, 6.07) is 92.4. The Morgan fingerprint density at radius 1 is 0.264 bits per heavy atom. The standard InChI is InChI=1S/C68H42N4/c1-3-18-43(19-4-1)49-36-50(44-20-5-2-6-21-44)38-51(37-49)67-56-27-11-13-31-59(56)69-68(70-67)55-30-15-29-53-52(55)28-16-33-61(53)72-63-35-17-34-62(66(63)58-40-46-23-8-10-25-48(46)42-65(58)72)71-60-32-14-12-26-54(60)57-39-45-22-7-9-24-47(45)41-64(57)71/h1-42H. The van der Waals surface area contributed by atoms with Crippen LogP contribution in [0.5, 0.6) is 0 Å². The average molecular weight is 915 g/mol. The van der Waals surface area contributed by atoms with E-state index >= 15 is 0 Å². The van der Waals surface area contributed by atoms with Gasteiger partial charge in [0.25, 0.3) is 0 Å². The van der Waals surface area contributed by atoms with E-state index in [1.807, 2.05) is 0 Å². The molecule has 0 aliphatic heterocycles. The quantitative estimate of drug-likeness (QED) is 0.167. The highest BCUT2D eigenvalue weighted by molar-refractivity contribution is 6.20. The van der Waals surface area contributed by atoms with Gasteiger partial charge in [-0.1, -0.05) is 182 Å². The summed E-state index contributed by atoms with van der Waals surface area (Å²) < 4.78 is 4.98. The highest BCUT2D eigenvalue weighted by Crippen LogP contribution is 2.44. The summed E-state index contributed by atoms with van der Waals surface area (Å²) in [5.74, 6) is 0.687. The molecule has 334 valence electrons. The van der Waals surface area contributed by atoms with Gasteiger partial charge in [0.2, 0.25) is 0 Å². The molecule has 15 aromatic rings. The van der Waals surface area contributed by atoms with E-state index in [4.69, 9.17) is 9.97 Å². The molecule has 0 N–H and O–H groups in total. The molecule has 3 heterocycles. The Hall–Kier alpha value is -9.64. The zero-order chi connectivity index (χ0) is 47.3. The molecule has 0 aliphatic carbocycles. The molecule has 12 aromatic carbocycles. The highest BCUT2D eigenvalue weighted by Gasteiger charge is 2.23. The lowest BCUT2D eigenvalue weighted by Gasteiger charge is -2.16. The Morgan fingerprint density at radius 3 is 1.49 bits per heavy atom. The largest absolute Gasteiger partial charge is 0.309 e. The lowest BCUT2D eigenvalue weighted by atomic mass is 9.94. The molecule has 4 nitrogen and oxygen atoms in total. The van der Waals surface area contributed by atoms with Gasteiger partial charge in [-0.25, -0.2) is 9.97 Å². The number of hydrogen-bond donors (Lipinski definition) is 0. The summed E-state index contributed by atoms with van der Waals surface area (Å²) >= 11 is 0. The molecule has 3 aromatic heterocycles. The summed E-state index contributed by atoms with van der Waals surface area (Å²) in [4.78, 5) is 10.9. The van der Waals surface area contributed by atoms with Crippen LogP contribution in [0.3, 0.4) is 0 Å². The molecular weight excluding hydrogens is 873 g/mol.